The lowest BCUT2D eigenvalue weighted by Gasteiger charge is -2.12. The zero-order valence-corrected chi connectivity index (χ0v) is 15.5. The summed E-state index contributed by atoms with van der Waals surface area (Å²) in [7, 11) is 1.60. The monoisotopic (exact) mass is 394 g/mol. The summed E-state index contributed by atoms with van der Waals surface area (Å²) in [5, 5.41) is 2.92. The third-order valence-electron chi connectivity index (χ3n) is 4.03. The van der Waals surface area contributed by atoms with Crippen molar-refractivity contribution in [3.8, 4) is 11.4 Å². The number of rotatable bonds is 4. The van der Waals surface area contributed by atoms with E-state index < -0.39 is 5.56 Å². The summed E-state index contributed by atoms with van der Waals surface area (Å²) < 4.78 is 6.51. The lowest BCUT2D eigenvalue weighted by molar-refractivity contribution is 0.415. The first-order valence-corrected chi connectivity index (χ1v) is 8.65. The summed E-state index contributed by atoms with van der Waals surface area (Å²) in [6, 6.07) is 14.2. The molecule has 0 unspecified atom stereocenters. The average molecular weight is 395 g/mol. The zero-order chi connectivity index (χ0) is 19.7. The Morgan fingerprint density at radius 1 is 1.14 bits per heavy atom. The number of nitrogens with one attached hydrogen (secondary N) is 1. The number of hydrogen-bond donors (Lipinski definition) is 2. The fourth-order valence-corrected chi connectivity index (χ4v) is 2.89. The number of aromatic nitrogens is 4. The van der Waals surface area contributed by atoms with E-state index in [1.165, 1.54) is 10.8 Å². The minimum absolute atomic E-state index is 0.172. The first-order valence-electron chi connectivity index (χ1n) is 8.27. The Morgan fingerprint density at radius 2 is 1.93 bits per heavy atom. The SMILES string of the molecule is COc1ccc(Nc2ncc3nc(Cl)c(=O)n(-c4cccc(N)c4)c3n2)cc1. The maximum atomic E-state index is 12.7. The van der Waals surface area contributed by atoms with Crippen molar-refractivity contribution in [2.45, 2.75) is 0 Å². The minimum atomic E-state index is -0.492. The van der Waals surface area contributed by atoms with E-state index in [2.05, 4.69) is 20.3 Å². The lowest BCUT2D eigenvalue weighted by Crippen LogP contribution is -2.22. The first kappa shape index (κ1) is 17.7. The van der Waals surface area contributed by atoms with Crippen LogP contribution in [0.5, 0.6) is 5.75 Å². The van der Waals surface area contributed by atoms with E-state index in [0.29, 0.717) is 28.5 Å². The largest absolute Gasteiger partial charge is 0.497 e. The van der Waals surface area contributed by atoms with Crippen molar-refractivity contribution >= 4 is 40.1 Å². The smallest absolute Gasteiger partial charge is 0.294 e. The van der Waals surface area contributed by atoms with Gasteiger partial charge in [-0.05, 0) is 42.5 Å². The van der Waals surface area contributed by atoms with Crippen LogP contribution in [0.3, 0.4) is 0 Å². The highest BCUT2D eigenvalue weighted by Gasteiger charge is 2.14. The molecule has 0 radical (unpaired) electrons. The van der Waals surface area contributed by atoms with Gasteiger partial charge in [0.25, 0.3) is 5.56 Å². The molecule has 2 heterocycles. The van der Waals surface area contributed by atoms with Crippen molar-refractivity contribution in [1.82, 2.24) is 19.5 Å². The van der Waals surface area contributed by atoms with Crippen LogP contribution in [0, 0.1) is 0 Å². The molecule has 0 bridgehead atoms. The van der Waals surface area contributed by atoms with Gasteiger partial charge in [0.05, 0.1) is 19.0 Å². The van der Waals surface area contributed by atoms with Crippen LogP contribution in [-0.2, 0) is 0 Å². The fourth-order valence-electron chi connectivity index (χ4n) is 2.72. The molecule has 2 aromatic heterocycles. The summed E-state index contributed by atoms with van der Waals surface area (Å²) in [5.74, 6) is 1.04. The van der Waals surface area contributed by atoms with E-state index in [9.17, 15) is 4.79 Å². The molecule has 28 heavy (non-hydrogen) atoms. The van der Waals surface area contributed by atoms with Crippen LogP contribution in [0.15, 0.2) is 59.5 Å². The number of halogens is 1. The average Bonchev–Trinajstić information content (AvgIpc) is 2.70. The van der Waals surface area contributed by atoms with Crippen molar-refractivity contribution in [1.29, 1.82) is 0 Å². The molecule has 2 aromatic carbocycles. The molecule has 0 aliphatic rings. The Balaban J connectivity index is 1.84. The Labute approximate surface area is 164 Å². The van der Waals surface area contributed by atoms with Gasteiger partial charge in [-0.1, -0.05) is 17.7 Å². The topological polar surface area (TPSA) is 108 Å². The minimum Gasteiger partial charge on any atom is -0.497 e. The summed E-state index contributed by atoms with van der Waals surface area (Å²) in [6.07, 6.45) is 1.50. The molecule has 4 rings (SSSR count). The summed E-state index contributed by atoms with van der Waals surface area (Å²) >= 11 is 6.02. The summed E-state index contributed by atoms with van der Waals surface area (Å²) in [6.45, 7) is 0. The summed E-state index contributed by atoms with van der Waals surface area (Å²) in [4.78, 5) is 25.5. The maximum absolute atomic E-state index is 12.7. The van der Waals surface area contributed by atoms with Crippen LogP contribution in [0.2, 0.25) is 5.15 Å². The molecular formula is C19H15ClN6O2. The van der Waals surface area contributed by atoms with Crippen LogP contribution in [-0.4, -0.2) is 26.6 Å². The van der Waals surface area contributed by atoms with E-state index >= 15 is 0 Å². The van der Waals surface area contributed by atoms with Crippen molar-refractivity contribution in [2.75, 3.05) is 18.2 Å². The van der Waals surface area contributed by atoms with Crippen LogP contribution in [0.1, 0.15) is 0 Å². The summed E-state index contributed by atoms with van der Waals surface area (Å²) in [5.41, 5.74) is 7.88. The highest BCUT2D eigenvalue weighted by atomic mass is 35.5. The Kier molecular flexibility index (Phi) is 4.54. The molecule has 0 fully saturated rings. The van der Waals surface area contributed by atoms with Gasteiger partial charge >= 0.3 is 0 Å². The molecule has 0 atom stereocenters. The van der Waals surface area contributed by atoms with Gasteiger partial charge in [-0.2, -0.15) is 4.98 Å². The number of anilines is 3. The van der Waals surface area contributed by atoms with Gasteiger partial charge in [0.1, 0.15) is 11.3 Å². The second kappa shape index (κ2) is 7.16. The number of nitrogens with zero attached hydrogens (tertiary/aromatic N) is 4. The molecule has 0 spiro atoms. The van der Waals surface area contributed by atoms with Gasteiger partial charge in [0.2, 0.25) is 5.95 Å². The molecule has 4 aromatic rings. The van der Waals surface area contributed by atoms with Gasteiger partial charge in [-0.15, -0.1) is 0 Å². The van der Waals surface area contributed by atoms with Gasteiger partial charge in [0, 0.05) is 11.4 Å². The van der Waals surface area contributed by atoms with E-state index in [1.54, 1.807) is 31.4 Å². The second-order valence-corrected chi connectivity index (χ2v) is 6.25. The third-order valence-corrected chi connectivity index (χ3v) is 4.28. The lowest BCUT2D eigenvalue weighted by atomic mass is 10.2. The van der Waals surface area contributed by atoms with E-state index in [-0.39, 0.29) is 5.15 Å². The number of fused-ring (bicyclic) bond motifs is 1. The molecular weight excluding hydrogens is 380 g/mol. The van der Waals surface area contributed by atoms with Gasteiger partial charge in [0.15, 0.2) is 10.8 Å². The Hall–Kier alpha value is -3.65. The standard InChI is InChI=1S/C19H15ClN6O2/c1-28-14-7-5-12(6-8-14)23-19-22-10-15-17(25-19)26(18(27)16(20)24-15)13-4-2-3-11(21)9-13/h2-10H,21H2,1H3,(H,22,23,25). The molecule has 140 valence electrons. The van der Waals surface area contributed by atoms with Crippen LogP contribution in [0.25, 0.3) is 16.9 Å². The fraction of sp³-hybridized carbons (Fsp3) is 0.0526. The molecule has 0 saturated heterocycles. The molecule has 0 aliphatic heterocycles. The van der Waals surface area contributed by atoms with Gasteiger partial charge < -0.3 is 15.8 Å². The Bertz CT molecular complexity index is 1220. The Morgan fingerprint density at radius 3 is 2.64 bits per heavy atom. The quantitative estimate of drug-likeness (QED) is 0.512. The van der Waals surface area contributed by atoms with E-state index in [4.69, 9.17) is 22.1 Å². The molecule has 0 amide bonds. The maximum Gasteiger partial charge on any atom is 0.294 e. The number of methoxy groups -OCH3 is 1. The predicted molar refractivity (Wildman–Crippen MR) is 109 cm³/mol. The van der Waals surface area contributed by atoms with Crippen LogP contribution < -0.4 is 21.3 Å². The van der Waals surface area contributed by atoms with Crippen molar-refractivity contribution in [2.24, 2.45) is 0 Å². The predicted octanol–water partition coefficient (Wildman–Crippen LogP) is 3.16. The number of nitrogens with two attached hydrogens (primary N) is 1. The molecule has 0 saturated carbocycles. The van der Waals surface area contributed by atoms with Crippen LogP contribution >= 0.6 is 11.6 Å². The molecule has 9 heteroatoms. The van der Waals surface area contributed by atoms with Gasteiger partial charge in [-0.25, -0.2) is 9.97 Å². The highest BCUT2D eigenvalue weighted by Crippen LogP contribution is 2.21. The zero-order valence-electron chi connectivity index (χ0n) is 14.8. The van der Waals surface area contributed by atoms with Gasteiger partial charge in [-0.3, -0.25) is 9.36 Å². The van der Waals surface area contributed by atoms with E-state index in [1.807, 2.05) is 24.3 Å². The second-order valence-electron chi connectivity index (χ2n) is 5.89. The van der Waals surface area contributed by atoms with E-state index in [0.717, 1.165) is 11.4 Å². The third kappa shape index (κ3) is 3.33. The number of benzene rings is 2. The normalized spacial score (nSPS) is 10.8. The molecule has 3 N–H and O–H groups in total. The number of nitrogen functional groups attached to an aromatic ring is 1. The van der Waals surface area contributed by atoms with Crippen LogP contribution in [0.4, 0.5) is 17.3 Å². The van der Waals surface area contributed by atoms with Crippen molar-refractivity contribution < 1.29 is 4.74 Å². The molecule has 0 aliphatic carbocycles. The highest BCUT2D eigenvalue weighted by molar-refractivity contribution is 6.29. The van der Waals surface area contributed by atoms with Crippen molar-refractivity contribution in [3.63, 3.8) is 0 Å². The molecule has 8 nitrogen and oxygen atoms in total. The first-order chi connectivity index (χ1) is 13.5. The van der Waals surface area contributed by atoms with Crippen molar-refractivity contribution in [3.05, 3.63) is 70.2 Å². The number of hydrogen-bond acceptors (Lipinski definition) is 7. The number of ether oxygens (including phenoxy) is 1.